The Morgan fingerprint density at radius 2 is 1.50 bits per heavy atom. The molecule has 0 spiro atoms. The Kier molecular flexibility index (Phi) is 5.03. The highest BCUT2D eigenvalue weighted by Gasteiger charge is 2.36. The molecule has 1 nitrogen and oxygen atoms in total. The minimum absolute atomic E-state index is 0.00290. The molecule has 2 aromatic carbocycles. The van der Waals surface area contributed by atoms with E-state index in [1.54, 1.807) is 30.3 Å². The van der Waals surface area contributed by atoms with Crippen molar-refractivity contribution in [1.29, 1.82) is 0 Å². The molecule has 0 saturated carbocycles. The van der Waals surface area contributed by atoms with E-state index in [1.807, 2.05) is 0 Å². The average molecular weight is 325 g/mol. The van der Waals surface area contributed by atoms with Crippen molar-refractivity contribution in [2.75, 3.05) is 0 Å². The summed E-state index contributed by atoms with van der Waals surface area (Å²) in [7, 11) is 0. The Morgan fingerprint density at radius 3 is 2.00 bits per heavy atom. The Balaban J connectivity index is 2.74. The van der Waals surface area contributed by atoms with Crippen LogP contribution < -0.4 is 0 Å². The molecule has 0 aliphatic carbocycles. The predicted octanol–water partition coefficient (Wildman–Crippen LogP) is 5.29. The number of carbonyl (C=O) groups excluding carboxylic acids is 1. The first-order valence-electron chi connectivity index (χ1n) is 6.49. The zero-order valence-corrected chi connectivity index (χ0v) is 12.2. The molecule has 0 heterocycles. The summed E-state index contributed by atoms with van der Waals surface area (Å²) in [6.07, 6.45) is -5.02. The van der Waals surface area contributed by atoms with Crippen LogP contribution in [0, 0.1) is 0 Å². The van der Waals surface area contributed by atoms with Gasteiger partial charge in [0.05, 0.1) is 0 Å². The molecule has 0 unspecified atom stereocenters. The maximum absolute atomic E-state index is 13.4. The second kappa shape index (κ2) is 6.79. The van der Waals surface area contributed by atoms with Crippen LogP contribution in [0.3, 0.4) is 0 Å². The van der Waals surface area contributed by atoms with Crippen molar-refractivity contribution in [3.63, 3.8) is 0 Å². The molecular weight excluding hydrogens is 313 g/mol. The predicted molar refractivity (Wildman–Crippen MR) is 80.7 cm³/mol. The molecule has 22 heavy (non-hydrogen) atoms. The minimum Gasteiger partial charge on any atom is -0.303 e. The molecule has 0 bridgehead atoms. The summed E-state index contributed by atoms with van der Waals surface area (Å²) in [5.74, 6) is 0. The lowest BCUT2D eigenvalue weighted by Gasteiger charge is -2.17. The van der Waals surface area contributed by atoms with E-state index in [0.29, 0.717) is 16.1 Å². The quantitative estimate of drug-likeness (QED) is 0.698. The first kappa shape index (κ1) is 16.3. The van der Waals surface area contributed by atoms with E-state index in [4.69, 9.17) is 11.6 Å². The van der Waals surface area contributed by atoms with E-state index in [1.165, 1.54) is 24.3 Å². The highest BCUT2D eigenvalue weighted by Crippen LogP contribution is 2.38. The molecule has 2 aromatic rings. The molecular formula is C17H12ClF3O. The second-order valence-electron chi connectivity index (χ2n) is 4.60. The number of benzene rings is 2. The normalized spacial score (nSPS) is 12.7. The van der Waals surface area contributed by atoms with Crippen LogP contribution in [0.2, 0.25) is 5.02 Å². The number of alkyl halides is 3. The van der Waals surface area contributed by atoms with Gasteiger partial charge in [-0.05, 0) is 28.8 Å². The van der Waals surface area contributed by atoms with Gasteiger partial charge in [0.25, 0.3) is 0 Å². The third kappa shape index (κ3) is 3.77. The van der Waals surface area contributed by atoms with Gasteiger partial charge in [-0.25, -0.2) is 0 Å². The van der Waals surface area contributed by atoms with Gasteiger partial charge in [-0.3, -0.25) is 0 Å². The monoisotopic (exact) mass is 324 g/mol. The van der Waals surface area contributed by atoms with Crippen LogP contribution in [0.25, 0.3) is 5.57 Å². The molecule has 114 valence electrons. The Bertz CT molecular complexity index is 673. The van der Waals surface area contributed by atoms with E-state index < -0.39 is 18.2 Å². The van der Waals surface area contributed by atoms with E-state index in [-0.39, 0.29) is 11.9 Å². The number of allylic oxidation sites excluding steroid dienone is 1. The van der Waals surface area contributed by atoms with Gasteiger partial charge in [-0.15, -0.1) is 0 Å². The number of hydrogen-bond acceptors (Lipinski definition) is 1. The third-order valence-electron chi connectivity index (χ3n) is 3.13. The lowest BCUT2D eigenvalue weighted by Crippen LogP contribution is -2.15. The fourth-order valence-corrected chi connectivity index (χ4v) is 2.31. The SMILES string of the molecule is O=CC/C(=C(\c1ccccc1)c1ccc(Cl)cc1)C(F)(F)F. The van der Waals surface area contributed by atoms with Crippen LogP contribution in [0.15, 0.2) is 60.2 Å². The van der Waals surface area contributed by atoms with Gasteiger partial charge in [-0.1, -0.05) is 54.1 Å². The van der Waals surface area contributed by atoms with Crippen LogP contribution in [0.1, 0.15) is 17.5 Å². The van der Waals surface area contributed by atoms with E-state index >= 15 is 0 Å². The highest BCUT2D eigenvalue weighted by molar-refractivity contribution is 6.30. The number of hydrogen-bond donors (Lipinski definition) is 0. The number of aldehydes is 1. The number of halogens is 4. The third-order valence-corrected chi connectivity index (χ3v) is 3.38. The molecule has 0 atom stereocenters. The molecule has 0 aliphatic rings. The molecule has 0 amide bonds. The van der Waals surface area contributed by atoms with Gasteiger partial charge in [-0.2, -0.15) is 13.2 Å². The van der Waals surface area contributed by atoms with Crippen LogP contribution in [0.4, 0.5) is 13.2 Å². The average Bonchev–Trinajstić information content (AvgIpc) is 2.49. The van der Waals surface area contributed by atoms with Crippen LogP contribution in [0.5, 0.6) is 0 Å². The van der Waals surface area contributed by atoms with E-state index in [2.05, 4.69) is 0 Å². The van der Waals surface area contributed by atoms with Gasteiger partial charge < -0.3 is 4.79 Å². The summed E-state index contributed by atoms with van der Waals surface area (Å²) < 4.78 is 40.1. The second-order valence-corrected chi connectivity index (χ2v) is 5.03. The smallest absolute Gasteiger partial charge is 0.303 e. The zero-order valence-electron chi connectivity index (χ0n) is 11.4. The highest BCUT2D eigenvalue weighted by atomic mass is 35.5. The fourth-order valence-electron chi connectivity index (χ4n) is 2.18. The number of rotatable bonds is 4. The largest absolute Gasteiger partial charge is 0.413 e. The Morgan fingerprint density at radius 1 is 0.955 bits per heavy atom. The molecule has 0 aromatic heterocycles. The summed E-state index contributed by atoms with van der Waals surface area (Å²) in [6.45, 7) is 0. The summed E-state index contributed by atoms with van der Waals surface area (Å²) in [5.41, 5.74) is -0.100. The van der Waals surface area contributed by atoms with Crippen molar-refractivity contribution in [1.82, 2.24) is 0 Å². The van der Waals surface area contributed by atoms with Crippen LogP contribution in [-0.4, -0.2) is 12.5 Å². The summed E-state index contributed by atoms with van der Waals surface area (Å²) in [6, 6.07) is 14.3. The van der Waals surface area contributed by atoms with Gasteiger partial charge in [0.15, 0.2) is 0 Å². The van der Waals surface area contributed by atoms with E-state index in [0.717, 1.165) is 0 Å². The molecule has 5 heteroatoms. The molecule has 0 N–H and O–H groups in total. The van der Waals surface area contributed by atoms with Crippen LogP contribution >= 0.6 is 11.6 Å². The maximum Gasteiger partial charge on any atom is 0.413 e. The molecule has 2 rings (SSSR count). The van der Waals surface area contributed by atoms with E-state index in [9.17, 15) is 18.0 Å². The van der Waals surface area contributed by atoms with Gasteiger partial charge >= 0.3 is 6.18 Å². The zero-order chi connectivity index (χ0) is 16.2. The molecule has 0 radical (unpaired) electrons. The fraction of sp³-hybridized carbons (Fsp3) is 0.118. The molecule has 0 fully saturated rings. The molecule has 0 aliphatic heterocycles. The first-order chi connectivity index (χ1) is 10.4. The van der Waals surface area contributed by atoms with Gasteiger partial charge in [0, 0.05) is 17.0 Å². The van der Waals surface area contributed by atoms with Crippen molar-refractivity contribution in [3.05, 3.63) is 76.3 Å². The van der Waals surface area contributed by atoms with Crippen molar-refractivity contribution in [2.45, 2.75) is 12.6 Å². The van der Waals surface area contributed by atoms with Crippen molar-refractivity contribution in [2.24, 2.45) is 0 Å². The van der Waals surface area contributed by atoms with Gasteiger partial charge in [0.2, 0.25) is 0 Å². The lowest BCUT2D eigenvalue weighted by molar-refractivity contribution is -0.113. The Hall–Kier alpha value is -2.07. The maximum atomic E-state index is 13.4. The summed E-state index contributed by atoms with van der Waals surface area (Å²) in [4.78, 5) is 10.7. The first-order valence-corrected chi connectivity index (χ1v) is 6.86. The molecule has 0 saturated heterocycles. The van der Waals surface area contributed by atoms with Crippen molar-refractivity contribution in [3.8, 4) is 0 Å². The minimum atomic E-state index is -4.59. The van der Waals surface area contributed by atoms with Crippen LogP contribution in [-0.2, 0) is 4.79 Å². The number of carbonyl (C=O) groups is 1. The standard InChI is InChI=1S/C17H12ClF3O/c18-14-8-6-13(7-9-14)16(12-4-2-1-3-5-12)15(10-11-22)17(19,20)21/h1-9,11H,10H2/b16-15-. The summed E-state index contributed by atoms with van der Waals surface area (Å²) >= 11 is 5.80. The van der Waals surface area contributed by atoms with Crippen molar-refractivity contribution < 1.29 is 18.0 Å². The van der Waals surface area contributed by atoms with Gasteiger partial charge in [0.1, 0.15) is 6.29 Å². The topological polar surface area (TPSA) is 17.1 Å². The summed E-state index contributed by atoms with van der Waals surface area (Å²) in [5, 5.41) is 0.431. The lowest BCUT2D eigenvalue weighted by atomic mass is 9.91. The van der Waals surface area contributed by atoms with Crippen molar-refractivity contribution >= 4 is 23.5 Å². The Labute approximate surface area is 131 Å².